The van der Waals surface area contributed by atoms with Gasteiger partial charge in [0.05, 0.1) is 16.7 Å². The second-order valence-electron chi connectivity index (χ2n) is 4.23. The third-order valence-corrected chi connectivity index (χ3v) is 2.53. The molecule has 1 aromatic rings. The lowest BCUT2D eigenvalue weighted by atomic mass is 10.2. The van der Waals surface area contributed by atoms with E-state index in [9.17, 15) is 24.1 Å². The van der Waals surface area contributed by atoms with Gasteiger partial charge in [0, 0.05) is 6.07 Å². The Balaban J connectivity index is 2.78. The largest absolute Gasteiger partial charge is 0.480 e. The summed E-state index contributed by atoms with van der Waals surface area (Å²) in [5.41, 5.74) is -0.659. The quantitative estimate of drug-likeness (QED) is 0.548. The minimum absolute atomic E-state index is 0.139. The first kappa shape index (κ1) is 16.3. The van der Waals surface area contributed by atoms with Crippen LogP contribution in [0.25, 0.3) is 0 Å². The summed E-state index contributed by atoms with van der Waals surface area (Å²) < 4.78 is 13.2. The number of hydrogen-bond acceptors (Lipinski definition) is 4. The lowest BCUT2D eigenvalue weighted by molar-refractivity contribution is -0.385. The summed E-state index contributed by atoms with van der Waals surface area (Å²) >= 11 is 0. The van der Waals surface area contributed by atoms with Crippen LogP contribution in [0.15, 0.2) is 18.2 Å². The molecule has 0 aliphatic carbocycles. The van der Waals surface area contributed by atoms with Crippen molar-refractivity contribution in [2.75, 3.05) is 5.32 Å². The Morgan fingerprint density at radius 1 is 1.43 bits per heavy atom. The van der Waals surface area contributed by atoms with Crippen molar-refractivity contribution in [1.29, 1.82) is 0 Å². The smallest absolute Gasteiger partial charge is 0.326 e. The monoisotopic (exact) mass is 299 g/mol. The van der Waals surface area contributed by atoms with Crippen LogP contribution in [-0.2, 0) is 4.79 Å². The molecule has 0 aliphatic rings. The first-order valence-electron chi connectivity index (χ1n) is 6.08. The van der Waals surface area contributed by atoms with E-state index in [0.29, 0.717) is 12.5 Å². The maximum absolute atomic E-state index is 13.2. The first-order chi connectivity index (χ1) is 9.83. The normalized spacial score (nSPS) is 11.5. The van der Waals surface area contributed by atoms with Crippen molar-refractivity contribution in [3.8, 4) is 0 Å². The molecule has 21 heavy (non-hydrogen) atoms. The summed E-state index contributed by atoms with van der Waals surface area (Å²) in [4.78, 5) is 32.3. The summed E-state index contributed by atoms with van der Waals surface area (Å²) in [6.45, 7) is 1.76. The molecule has 2 amide bonds. The molecule has 0 radical (unpaired) electrons. The fourth-order valence-corrected chi connectivity index (χ4v) is 1.62. The zero-order valence-electron chi connectivity index (χ0n) is 11.1. The van der Waals surface area contributed by atoms with Gasteiger partial charge in [0.25, 0.3) is 5.69 Å². The van der Waals surface area contributed by atoms with Gasteiger partial charge in [-0.1, -0.05) is 13.3 Å². The average molecular weight is 299 g/mol. The number of carbonyl (C=O) groups is 2. The van der Waals surface area contributed by atoms with E-state index in [-0.39, 0.29) is 12.1 Å². The zero-order chi connectivity index (χ0) is 16.0. The van der Waals surface area contributed by atoms with Crippen LogP contribution in [0.3, 0.4) is 0 Å². The standard InChI is InChI=1S/C12H14FN3O5/c1-2-3-10(11(17)18)15-12(19)14-8-4-7(13)5-9(6-8)16(20)21/h4-6,10H,2-3H2,1H3,(H,17,18)(H2,14,15,19)/t10-/m0/s1. The Morgan fingerprint density at radius 3 is 2.62 bits per heavy atom. The van der Waals surface area contributed by atoms with Crippen LogP contribution >= 0.6 is 0 Å². The number of anilines is 1. The first-order valence-corrected chi connectivity index (χ1v) is 6.08. The molecule has 8 nitrogen and oxygen atoms in total. The molecule has 9 heteroatoms. The number of carbonyl (C=O) groups excluding carboxylic acids is 1. The van der Waals surface area contributed by atoms with Gasteiger partial charge in [-0.05, 0) is 12.5 Å². The Bertz CT molecular complexity index is 564. The second kappa shape index (κ2) is 7.17. The number of nitro benzene ring substituents is 1. The molecule has 0 heterocycles. The SMILES string of the molecule is CCC[C@H](NC(=O)Nc1cc(F)cc([N+](=O)[O-])c1)C(=O)O. The van der Waals surface area contributed by atoms with Crippen molar-refractivity contribution in [2.24, 2.45) is 0 Å². The van der Waals surface area contributed by atoms with Crippen molar-refractivity contribution >= 4 is 23.4 Å². The van der Waals surface area contributed by atoms with Crippen LogP contribution in [0.5, 0.6) is 0 Å². The lowest BCUT2D eigenvalue weighted by Crippen LogP contribution is -2.42. The maximum atomic E-state index is 13.2. The number of rotatable bonds is 6. The van der Waals surface area contributed by atoms with Gasteiger partial charge in [0.15, 0.2) is 0 Å². The third kappa shape index (κ3) is 5.05. The van der Waals surface area contributed by atoms with Crippen molar-refractivity contribution < 1.29 is 24.0 Å². The number of carboxylic acids is 1. The minimum atomic E-state index is -1.20. The number of nitrogens with zero attached hydrogens (tertiary/aromatic N) is 1. The van der Waals surface area contributed by atoms with Crippen molar-refractivity contribution in [1.82, 2.24) is 5.32 Å². The van der Waals surface area contributed by atoms with Gasteiger partial charge < -0.3 is 15.7 Å². The average Bonchev–Trinajstić information content (AvgIpc) is 2.37. The highest BCUT2D eigenvalue weighted by atomic mass is 19.1. The van der Waals surface area contributed by atoms with Crippen LogP contribution in [0, 0.1) is 15.9 Å². The summed E-state index contributed by atoms with van der Waals surface area (Å²) in [7, 11) is 0. The van der Waals surface area contributed by atoms with Gasteiger partial charge >= 0.3 is 12.0 Å². The third-order valence-electron chi connectivity index (χ3n) is 2.53. The molecular weight excluding hydrogens is 285 g/mol. The van der Waals surface area contributed by atoms with E-state index in [1.165, 1.54) is 0 Å². The number of benzene rings is 1. The molecule has 114 valence electrons. The van der Waals surface area contributed by atoms with Crippen LogP contribution < -0.4 is 10.6 Å². The number of nitrogens with one attached hydrogen (secondary N) is 2. The number of nitro groups is 1. The van der Waals surface area contributed by atoms with E-state index in [2.05, 4.69) is 10.6 Å². The molecule has 0 bridgehead atoms. The van der Waals surface area contributed by atoms with Crippen molar-refractivity contribution in [2.45, 2.75) is 25.8 Å². The Hall–Kier alpha value is -2.71. The summed E-state index contributed by atoms with van der Waals surface area (Å²) in [6, 6.07) is 0.606. The fraction of sp³-hybridized carbons (Fsp3) is 0.333. The van der Waals surface area contributed by atoms with Crippen LogP contribution in [0.1, 0.15) is 19.8 Å². The Kier molecular flexibility index (Phi) is 5.58. The number of urea groups is 1. The number of amides is 2. The highest BCUT2D eigenvalue weighted by Gasteiger charge is 2.19. The van der Waals surface area contributed by atoms with E-state index >= 15 is 0 Å². The van der Waals surface area contributed by atoms with E-state index < -0.39 is 34.5 Å². The van der Waals surface area contributed by atoms with Gasteiger partial charge in [-0.15, -0.1) is 0 Å². The van der Waals surface area contributed by atoms with Crippen LogP contribution in [0.2, 0.25) is 0 Å². The summed E-state index contributed by atoms with van der Waals surface area (Å²) in [5, 5.41) is 23.8. The van der Waals surface area contributed by atoms with E-state index in [1.807, 2.05) is 0 Å². The summed E-state index contributed by atoms with van der Waals surface area (Å²) in [6.07, 6.45) is 0.773. The van der Waals surface area contributed by atoms with Crippen LogP contribution in [-0.4, -0.2) is 28.1 Å². The molecule has 0 fully saturated rings. The molecule has 1 rings (SSSR count). The predicted octanol–water partition coefficient (Wildman–Crippen LogP) is 2.11. The van der Waals surface area contributed by atoms with Gasteiger partial charge in [-0.2, -0.15) is 0 Å². The second-order valence-corrected chi connectivity index (χ2v) is 4.23. The number of carboxylic acid groups (broad SMARTS) is 1. The molecule has 1 atom stereocenters. The molecule has 1 aromatic carbocycles. The zero-order valence-corrected chi connectivity index (χ0v) is 11.1. The molecule has 0 saturated heterocycles. The minimum Gasteiger partial charge on any atom is -0.480 e. The van der Waals surface area contributed by atoms with Crippen molar-refractivity contribution in [3.63, 3.8) is 0 Å². The van der Waals surface area contributed by atoms with Crippen molar-refractivity contribution in [3.05, 3.63) is 34.1 Å². The molecule has 3 N–H and O–H groups in total. The molecule has 0 saturated carbocycles. The Morgan fingerprint density at radius 2 is 2.10 bits per heavy atom. The highest BCUT2D eigenvalue weighted by Crippen LogP contribution is 2.19. The molecule has 0 unspecified atom stereocenters. The predicted molar refractivity (Wildman–Crippen MR) is 71.5 cm³/mol. The highest BCUT2D eigenvalue weighted by molar-refractivity contribution is 5.92. The molecule has 0 aliphatic heterocycles. The number of hydrogen-bond donors (Lipinski definition) is 3. The van der Waals surface area contributed by atoms with Gasteiger partial charge in [0.1, 0.15) is 11.9 Å². The van der Waals surface area contributed by atoms with E-state index in [1.54, 1.807) is 6.92 Å². The fourth-order valence-electron chi connectivity index (χ4n) is 1.62. The van der Waals surface area contributed by atoms with Crippen LogP contribution in [0.4, 0.5) is 20.6 Å². The maximum Gasteiger partial charge on any atom is 0.326 e. The number of non-ortho nitro benzene ring substituents is 1. The lowest BCUT2D eigenvalue weighted by Gasteiger charge is -2.14. The topological polar surface area (TPSA) is 122 Å². The molecule has 0 spiro atoms. The van der Waals surface area contributed by atoms with Gasteiger partial charge in [0.2, 0.25) is 0 Å². The number of aliphatic carboxylic acids is 1. The molecular formula is C12H14FN3O5. The van der Waals surface area contributed by atoms with Gasteiger partial charge in [-0.3, -0.25) is 10.1 Å². The van der Waals surface area contributed by atoms with E-state index in [4.69, 9.17) is 5.11 Å². The summed E-state index contributed by atoms with van der Waals surface area (Å²) in [5.74, 6) is -2.08. The van der Waals surface area contributed by atoms with E-state index in [0.717, 1.165) is 12.1 Å². The Labute approximate surface area is 119 Å². The van der Waals surface area contributed by atoms with Gasteiger partial charge in [-0.25, -0.2) is 14.0 Å². The molecule has 0 aromatic heterocycles. The number of halogens is 1.